The van der Waals surface area contributed by atoms with Gasteiger partial charge in [0, 0.05) is 15.7 Å². The lowest BCUT2D eigenvalue weighted by atomic mass is 10.2. The van der Waals surface area contributed by atoms with E-state index in [9.17, 15) is 0 Å². The summed E-state index contributed by atoms with van der Waals surface area (Å²) in [7, 11) is 0. The molecule has 2 aromatic rings. The van der Waals surface area contributed by atoms with E-state index in [0.717, 1.165) is 17.2 Å². The van der Waals surface area contributed by atoms with Crippen molar-refractivity contribution in [3.05, 3.63) is 65.2 Å². The summed E-state index contributed by atoms with van der Waals surface area (Å²) in [4.78, 5) is 1.25. The maximum atomic E-state index is 5.87. The van der Waals surface area contributed by atoms with Crippen LogP contribution in [0.3, 0.4) is 0 Å². The molecule has 0 bridgehead atoms. The first-order valence-corrected chi connectivity index (χ1v) is 8.14. The Balaban J connectivity index is 1.65. The lowest BCUT2D eigenvalue weighted by molar-refractivity contribution is 0.0516. The fourth-order valence-electron chi connectivity index (χ4n) is 1.77. The average Bonchev–Trinajstić information content (AvgIpc) is 2.48. The van der Waals surface area contributed by atoms with Crippen molar-refractivity contribution in [3.63, 3.8) is 0 Å². The summed E-state index contributed by atoms with van der Waals surface area (Å²) in [6.45, 7) is 2.82. The van der Waals surface area contributed by atoms with Crippen LogP contribution in [0.25, 0.3) is 0 Å². The zero-order chi connectivity index (χ0) is 14.2. The highest BCUT2D eigenvalue weighted by Crippen LogP contribution is 2.21. The van der Waals surface area contributed by atoms with E-state index in [1.54, 1.807) is 0 Å². The maximum absolute atomic E-state index is 5.87. The van der Waals surface area contributed by atoms with Gasteiger partial charge in [0.15, 0.2) is 0 Å². The lowest BCUT2D eigenvalue weighted by Gasteiger charge is -2.12. The fourth-order valence-corrected chi connectivity index (χ4v) is 2.91. The smallest absolute Gasteiger partial charge is 0.0720 e. The van der Waals surface area contributed by atoms with Gasteiger partial charge in [0.25, 0.3) is 0 Å². The predicted molar refractivity (Wildman–Crippen MR) is 87.5 cm³/mol. The second-order valence-corrected chi connectivity index (χ2v) is 6.30. The summed E-state index contributed by atoms with van der Waals surface area (Å²) in [5, 5.41) is 0.786. The van der Waals surface area contributed by atoms with Crippen molar-refractivity contribution in [1.82, 2.24) is 0 Å². The Morgan fingerprint density at radius 2 is 1.75 bits per heavy atom. The SMILES string of the molecule is C[C@H](CCSc1ccc(Cl)cc1)OCc1ccccc1. The minimum Gasteiger partial charge on any atom is -0.374 e. The molecule has 2 rings (SSSR count). The molecule has 0 fully saturated rings. The molecule has 0 spiro atoms. The minimum absolute atomic E-state index is 0.273. The third-order valence-electron chi connectivity index (χ3n) is 2.98. The first-order chi connectivity index (χ1) is 9.74. The molecule has 0 radical (unpaired) electrons. The molecule has 0 aliphatic rings. The van der Waals surface area contributed by atoms with Crippen LogP contribution < -0.4 is 0 Å². The third-order valence-corrected chi connectivity index (χ3v) is 4.28. The molecule has 0 aromatic heterocycles. The number of hydrogen-bond acceptors (Lipinski definition) is 2. The lowest BCUT2D eigenvalue weighted by Crippen LogP contribution is -2.09. The molecule has 0 aliphatic heterocycles. The van der Waals surface area contributed by atoms with Crippen LogP contribution in [-0.4, -0.2) is 11.9 Å². The van der Waals surface area contributed by atoms with Gasteiger partial charge in [-0.15, -0.1) is 11.8 Å². The second-order valence-electron chi connectivity index (χ2n) is 4.70. The van der Waals surface area contributed by atoms with Crippen LogP contribution in [-0.2, 0) is 11.3 Å². The second kappa shape index (κ2) is 8.35. The summed E-state index contributed by atoms with van der Waals surface area (Å²) >= 11 is 7.71. The predicted octanol–water partition coefficient (Wildman–Crippen LogP) is 5.43. The first-order valence-electron chi connectivity index (χ1n) is 6.78. The van der Waals surface area contributed by atoms with E-state index in [4.69, 9.17) is 16.3 Å². The van der Waals surface area contributed by atoms with Gasteiger partial charge in [0.2, 0.25) is 0 Å². The number of ether oxygens (including phenoxy) is 1. The van der Waals surface area contributed by atoms with Gasteiger partial charge in [-0.25, -0.2) is 0 Å². The third kappa shape index (κ3) is 5.58. The van der Waals surface area contributed by atoms with Crippen LogP contribution in [0.15, 0.2) is 59.5 Å². The van der Waals surface area contributed by atoms with E-state index in [2.05, 4.69) is 31.2 Å². The van der Waals surface area contributed by atoms with E-state index in [-0.39, 0.29) is 6.10 Å². The van der Waals surface area contributed by atoms with Crippen LogP contribution in [0.5, 0.6) is 0 Å². The summed E-state index contributed by atoms with van der Waals surface area (Å²) in [5.74, 6) is 1.05. The average molecular weight is 307 g/mol. The van der Waals surface area contributed by atoms with E-state index in [1.165, 1.54) is 10.5 Å². The van der Waals surface area contributed by atoms with Gasteiger partial charge in [0.05, 0.1) is 12.7 Å². The topological polar surface area (TPSA) is 9.23 Å². The molecule has 1 atom stereocenters. The molecule has 0 heterocycles. The number of benzene rings is 2. The van der Waals surface area contributed by atoms with Crippen molar-refractivity contribution < 1.29 is 4.74 Å². The normalized spacial score (nSPS) is 12.3. The number of rotatable bonds is 7. The summed E-state index contributed by atoms with van der Waals surface area (Å²) in [6, 6.07) is 18.3. The zero-order valence-corrected chi connectivity index (χ0v) is 13.2. The molecule has 20 heavy (non-hydrogen) atoms. The Labute approximate surface area is 130 Å². The molecule has 0 amide bonds. The summed E-state index contributed by atoms with van der Waals surface area (Å²) in [5.41, 5.74) is 1.23. The fraction of sp³-hybridized carbons (Fsp3) is 0.294. The summed E-state index contributed by atoms with van der Waals surface area (Å²) in [6.07, 6.45) is 1.31. The van der Waals surface area contributed by atoms with E-state index < -0.39 is 0 Å². The van der Waals surface area contributed by atoms with E-state index in [0.29, 0.717) is 6.61 Å². The van der Waals surface area contributed by atoms with Crippen LogP contribution >= 0.6 is 23.4 Å². The van der Waals surface area contributed by atoms with Crippen LogP contribution in [0.1, 0.15) is 18.9 Å². The molecular formula is C17H19ClOS. The van der Waals surface area contributed by atoms with Crippen LogP contribution in [0, 0.1) is 0 Å². The Hall–Kier alpha value is -0.960. The van der Waals surface area contributed by atoms with Crippen molar-refractivity contribution in [1.29, 1.82) is 0 Å². The van der Waals surface area contributed by atoms with Crippen molar-refractivity contribution in [2.45, 2.75) is 31.0 Å². The van der Waals surface area contributed by atoms with Gasteiger partial charge < -0.3 is 4.74 Å². The highest BCUT2D eigenvalue weighted by molar-refractivity contribution is 7.99. The largest absolute Gasteiger partial charge is 0.374 e. The standard InChI is InChI=1S/C17H19ClOS/c1-14(19-13-15-5-3-2-4-6-15)11-12-20-17-9-7-16(18)8-10-17/h2-10,14H,11-13H2,1H3/t14-/m1/s1. The van der Waals surface area contributed by atoms with Gasteiger partial charge in [-0.05, 0) is 43.2 Å². The monoisotopic (exact) mass is 306 g/mol. The van der Waals surface area contributed by atoms with Crippen molar-refractivity contribution in [2.24, 2.45) is 0 Å². The van der Waals surface area contributed by atoms with E-state index >= 15 is 0 Å². The molecule has 1 nitrogen and oxygen atoms in total. The molecular weight excluding hydrogens is 288 g/mol. The first kappa shape index (κ1) is 15.4. The minimum atomic E-state index is 0.273. The van der Waals surface area contributed by atoms with Crippen molar-refractivity contribution >= 4 is 23.4 Å². The van der Waals surface area contributed by atoms with Crippen molar-refractivity contribution in [3.8, 4) is 0 Å². The molecule has 0 N–H and O–H groups in total. The van der Waals surface area contributed by atoms with Gasteiger partial charge in [-0.3, -0.25) is 0 Å². The van der Waals surface area contributed by atoms with Crippen LogP contribution in [0.4, 0.5) is 0 Å². The Morgan fingerprint density at radius 1 is 1.05 bits per heavy atom. The quantitative estimate of drug-likeness (QED) is 0.631. The van der Waals surface area contributed by atoms with Gasteiger partial charge in [-0.1, -0.05) is 41.9 Å². The number of thioether (sulfide) groups is 1. The molecule has 0 saturated heterocycles. The molecule has 2 aromatic carbocycles. The molecule has 3 heteroatoms. The highest BCUT2D eigenvalue weighted by atomic mass is 35.5. The molecule has 0 unspecified atom stereocenters. The molecule has 0 aliphatic carbocycles. The maximum Gasteiger partial charge on any atom is 0.0720 e. The van der Waals surface area contributed by atoms with Gasteiger partial charge in [-0.2, -0.15) is 0 Å². The number of halogens is 1. The van der Waals surface area contributed by atoms with E-state index in [1.807, 2.05) is 42.1 Å². The molecule has 0 saturated carbocycles. The summed E-state index contributed by atoms with van der Waals surface area (Å²) < 4.78 is 5.85. The molecule has 106 valence electrons. The highest BCUT2D eigenvalue weighted by Gasteiger charge is 2.03. The Kier molecular flexibility index (Phi) is 6.44. The zero-order valence-electron chi connectivity index (χ0n) is 11.6. The van der Waals surface area contributed by atoms with Crippen LogP contribution in [0.2, 0.25) is 5.02 Å². The Bertz CT molecular complexity index is 498. The van der Waals surface area contributed by atoms with Crippen molar-refractivity contribution in [2.75, 3.05) is 5.75 Å². The van der Waals surface area contributed by atoms with Gasteiger partial charge >= 0.3 is 0 Å². The number of hydrogen-bond donors (Lipinski definition) is 0. The van der Waals surface area contributed by atoms with Gasteiger partial charge in [0.1, 0.15) is 0 Å². The Morgan fingerprint density at radius 3 is 2.45 bits per heavy atom.